The molecule has 2 aliphatic heterocycles. The Morgan fingerprint density at radius 1 is 1.19 bits per heavy atom. The summed E-state index contributed by atoms with van der Waals surface area (Å²) in [6.45, 7) is 9.52. The van der Waals surface area contributed by atoms with Crippen molar-refractivity contribution in [2.24, 2.45) is 0 Å². The summed E-state index contributed by atoms with van der Waals surface area (Å²) in [5, 5.41) is 3.40. The van der Waals surface area contributed by atoms with Crippen LogP contribution in [0.15, 0.2) is 0 Å². The molecule has 122 valence electrons. The Morgan fingerprint density at radius 3 is 2.38 bits per heavy atom. The lowest BCUT2D eigenvalue weighted by Crippen LogP contribution is -2.53. The Kier molecular flexibility index (Phi) is 6.97. The van der Waals surface area contributed by atoms with Gasteiger partial charge in [-0.05, 0) is 65.2 Å². The molecule has 4 nitrogen and oxygen atoms in total. The second-order valence-corrected chi connectivity index (χ2v) is 6.64. The summed E-state index contributed by atoms with van der Waals surface area (Å²) < 4.78 is 0. The summed E-state index contributed by atoms with van der Waals surface area (Å²) >= 11 is 0. The van der Waals surface area contributed by atoms with Gasteiger partial charge in [0.25, 0.3) is 0 Å². The van der Waals surface area contributed by atoms with Gasteiger partial charge in [-0.2, -0.15) is 0 Å². The standard InChI is InChI=1S/C17H33N3O/c1-3-12-20(16-8-10-18-11-9-16)17(21)15(2)19-13-6-4-5-7-14-19/h15-16,18H,3-14H2,1-2H3. The highest BCUT2D eigenvalue weighted by Gasteiger charge is 2.30. The number of piperidine rings is 1. The predicted molar refractivity (Wildman–Crippen MR) is 87.4 cm³/mol. The van der Waals surface area contributed by atoms with Crippen molar-refractivity contribution in [3.8, 4) is 0 Å². The SMILES string of the molecule is CCCN(C(=O)C(C)N1CCCCCC1)C1CCNCC1. The Labute approximate surface area is 130 Å². The van der Waals surface area contributed by atoms with E-state index in [9.17, 15) is 4.79 Å². The molecule has 0 spiro atoms. The molecule has 4 heteroatoms. The topological polar surface area (TPSA) is 35.6 Å². The summed E-state index contributed by atoms with van der Waals surface area (Å²) in [4.78, 5) is 17.6. The fraction of sp³-hybridized carbons (Fsp3) is 0.941. The highest BCUT2D eigenvalue weighted by Crippen LogP contribution is 2.18. The van der Waals surface area contributed by atoms with Gasteiger partial charge >= 0.3 is 0 Å². The lowest BCUT2D eigenvalue weighted by atomic mass is 10.0. The van der Waals surface area contributed by atoms with Crippen molar-refractivity contribution in [2.75, 3.05) is 32.7 Å². The average Bonchev–Trinajstić information content (AvgIpc) is 2.81. The first-order chi connectivity index (χ1) is 10.2. The van der Waals surface area contributed by atoms with Gasteiger partial charge in [-0.15, -0.1) is 0 Å². The van der Waals surface area contributed by atoms with Crippen LogP contribution in [0.4, 0.5) is 0 Å². The monoisotopic (exact) mass is 295 g/mol. The molecule has 1 atom stereocenters. The van der Waals surface area contributed by atoms with Crippen molar-refractivity contribution < 1.29 is 4.79 Å². The molecule has 0 saturated carbocycles. The number of nitrogens with one attached hydrogen (secondary N) is 1. The van der Waals surface area contributed by atoms with Crippen LogP contribution in [0.3, 0.4) is 0 Å². The third-order valence-corrected chi connectivity index (χ3v) is 5.04. The lowest BCUT2D eigenvalue weighted by Gasteiger charge is -2.38. The molecule has 2 aliphatic rings. The van der Waals surface area contributed by atoms with Gasteiger partial charge in [-0.25, -0.2) is 0 Å². The molecule has 1 amide bonds. The van der Waals surface area contributed by atoms with Crippen molar-refractivity contribution in [1.29, 1.82) is 0 Å². The molecular weight excluding hydrogens is 262 g/mol. The van der Waals surface area contributed by atoms with E-state index in [2.05, 4.69) is 29.0 Å². The largest absolute Gasteiger partial charge is 0.338 e. The fourth-order valence-corrected chi connectivity index (χ4v) is 3.71. The quantitative estimate of drug-likeness (QED) is 0.845. The molecule has 0 aromatic carbocycles. The number of carbonyl (C=O) groups is 1. The van der Waals surface area contributed by atoms with Crippen molar-refractivity contribution in [1.82, 2.24) is 15.1 Å². The summed E-state index contributed by atoms with van der Waals surface area (Å²) in [6.07, 6.45) is 8.42. The van der Waals surface area contributed by atoms with Crippen LogP contribution >= 0.6 is 0 Å². The van der Waals surface area contributed by atoms with E-state index in [1.54, 1.807) is 0 Å². The zero-order valence-corrected chi connectivity index (χ0v) is 13.9. The zero-order valence-electron chi connectivity index (χ0n) is 13.9. The van der Waals surface area contributed by atoms with Gasteiger partial charge in [0.05, 0.1) is 6.04 Å². The van der Waals surface area contributed by atoms with Gasteiger partial charge in [0.15, 0.2) is 0 Å². The van der Waals surface area contributed by atoms with Crippen molar-refractivity contribution in [3.63, 3.8) is 0 Å². The van der Waals surface area contributed by atoms with Gasteiger partial charge in [0.1, 0.15) is 0 Å². The van der Waals surface area contributed by atoms with Crippen molar-refractivity contribution in [3.05, 3.63) is 0 Å². The van der Waals surface area contributed by atoms with E-state index in [4.69, 9.17) is 0 Å². The third-order valence-electron chi connectivity index (χ3n) is 5.04. The maximum Gasteiger partial charge on any atom is 0.239 e. The van der Waals surface area contributed by atoms with Gasteiger partial charge in [0.2, 0.25) is 5.91 Å². The molecule has 21 heavy (non-hydrogen) atoms. The number of nitrogens with zero attached hydrogens (tertiary/aromatic N) is 2. The first-order valence-corrected chi connectivity index (χ1v) is 8.99. The summed E-state index contributed by atoms with van der Waals surface area (Å²) in [5.74, 6) is 0.366. The van der Waals surface area contributed by atoms with Gasteiger partial charge in [0, 0.05) is 12.6 Å². The minimum Gasteiger partial charge on any atom is -0.338 e. The Bertz CT molecular complexity index is 307. The lowest BCUT2D eigenvalue weighted by molar-refractivity contribution is -0.139. The minimum atomic E-state index is 0.0598. The fourth-order valence-electron chi connectivity index (χ4n) is 3.71. The number of hydrogen-bond donors (Lipinski definition) is 1. The Morgan fingerprint density at radius 2 is 1.81 bits per heavy atom. The van der Waals surface area contributed by atoms with Crippen molar-refractivity contribution >= 4 is 5.91 Å². The van der Waals surface area contributed by atoms with Gasteiger partial charge in [-0.1, -0.05) is 19.8 Å². The van der Waals surface area contributed by atoms with Crippen LogP contribution in [0.1, 0.15) is 58.8 Å². The molecule has 2 fully saturated rings. The summed E-state index contributed by atoms with van der Waals surface area (Å²) in [6, 6.07) is 0.512. The van der Waals surface area contributed by atoms with Crippen LogP contribution < -0.4 is 5.32 Å². The molecule has 0 radical (unpaired) electrons. The van der Waals surface area contributed by atoms with Gasteiger partial charge < -0.3 is 10.2 Å². The minimum absolute atomic E-state index is 0.0598. The molecule has 2 heterocycles. The van der Waals surface area contributed by atoms with E-state index in [0.717, 1.165) is 52.0 Å². The van der Waals surface area contributed by atoms with Crippen LogP contribution in [-0.2, 0) is 4.79 Å². The molecular formula is C17H33N3O. The number of rotatable bonds is 5. The maximum atomic E-state index is 13.0. The molecule has 1 N–H and O–H groups in total. The molecule has 0 aromatic heterocycles. The molecule has 1 unspecified atom stereocenters. The van der Waals surface area contributed by atoms with Crippen molar-refractivity contribution in [2.45, 2.75) is 70.9 Å². The molecule has 0 aliphatic carbocycles. The number of carbonyl (C=O) groups excluding carboxylic acids is 1. The van der Waals surface area contributed by atoms with Gasteiger partial charge in [-0.3, -0.25) is 9.69 Å². The van der Waals surface area contributed by atoms with E-state index >= 15 is 0 Å². The Balaban J connectivity index is 1.98. The summed E-state index contributed by atoms with van der Waals surface area (Å²) in [5.41, 5.74) is 0. The molecule has 2 rings (SSSR count). The summed E-state index contributed by atoms with van der Waals surface area (Å²) in [7, 11) is 0. The highest BCUT2D eigenvalue weighted by atomic mass is 16.2. The van der Waals surface area contributed by atoms with Crippen LogP contribution in [-0.4, -0.2) is 60.5 Å². The number of amides is 1. The number of hydrogen-bond acceptors (Lipinski definition) is 3. The van der Waals surface area contributed by atoms with Crippen LogP contribution in [0.2, 0.25) is 0 Å². The number of likely N-dealkylation sites (tertiary alicyclic amines) is 1. The maximum absolute atomic E-state index is 13.0. The first kappa shape index (κ1) is 16.8. The smallest absolute Gasteiger partial charge is 0.239 e. The van der Waals surface area contributed by atoms with E-state index < -0.39 is 0 Å². The predicted octanol–water partition coefficient (Wildman–Crippen LogP) is 2.24. The van der Waals surface area contributed by atoms with Crippen LogP contribution in [0, 0.1) is 0 Å². The first-order valence-electron chi connectivity index (χ1n) is 8.99. The van der Waals surface area contributed by atoms with Crippen LogP contribution in [0.25, 0.3) is 0 Å². The Hall–Kier alpha value is -0.610. The van der Waals surface area contributed by atoms with Crippen LogP contribution in [0.5, 0.6) is 0 Å². The third kappa shape index (κ3) is 4.68. The molecule has 0 aromatic rings. The van der Waals surface area contributed by atoms with E-state index in [-0.39, 0.29) is 6.04 Å². The normalized spacial score (nSPS) is 23.5. The molecule has 0 bridgehead atoms. The second-order valence-electron chi connectivity index (χ2n) is 6.64. The van der Waals surface area contributed by atoms with E-state index in [1.807, 2.05) is 0 Å². The second kappa shape index (κ2) is 8.74. The molecule has 2 saturated heterocycles. The van der Waals surface area contributed by atoms with E-state index in [0.29, 0.717) is 11.9 Å². The average molecular weight is 295 g/mol. The highest BCUT2D eigenvalue weighted by molar-refractivity contribution is 5.81. The van der Waals surface area contributed by atoms with E-state index in [1.165, 1.54) is 25.7 Å². The zero-order chi connectivity index (χ0) is 15.1.